The molecule has 2 saturated carbocycles. The Morgan fingerprint density at radius 2 is 1.35 bits per heavy atom. The first-order valence-electron chi connectivity index (χ1n) is 7.84. The predicted octanol–water partition coefficient (Wildman–Crippen LogP) is 4.74. The van der Waals surface area contributed by atoms with Crippen LogP contribution in [0.25, 0.3) is 0 Å². The van der Waals surface area contributed by atoms with Crippen molar-refractivity contribution in [1.29, 1.82) is 0 Å². The van der Waals surface area contributed by atoms with E-state index in [-0.39, 0.29) is 5.48 Å². The zero-order chi connectivity index (χ0) is 11.2. The Morgan fingerprint density at radius 3 is 2.00 bits per heavy atom. The molecule has 2 aliphatic rings. The van der Waals surface area contributed by atoms with Crippen LogP contribution in [0.15, 0.2) is 0 Å². The minimum absolute atomic E-state index is 0. The maximum Gasteiger partial charge on any atom is -0.0412 e. The van der Waals surface area contributed by atoms with Crippen molar-refractivity contribution in [3.8, 4) is 0 Å². The van der Waals surface area contributed by atoms with Crippen molar-refractivity contribution in [3.05, 3.63) is 0 Å². The van der Waals surface area contributed by atoms with Crippen LogP contribution in [0.2, 0.25) is 0 Å². The van der Waals surface area contributed by atoms with Gasteiger partial charge in [0.2, 0.25) is 0 Å². The van der Waals surface area contributed by atoms with Gasteiger partial charge in [-0.3, -0.25) is 0 Å². The minimum Gasteiger partial charge on any atom is -0.412 e. The lowest BCUT2D eigenvalue weighted by Gasteiger charge is -2.26. The molecule has 2 N–H and O–H groups in total. The SMILES string of the molecule is CC1CCCC(CCCCC2CCCC2)C1.O. The monoisotopic (exact) mass is 240 g/mol. The number of rotatable bonds is 5. The van der Waals surface area contributed by atoms with Crippen LogP contribution in [-0.4, -0.2) is 5.48 Å². The van der Waals surface area contributed by atoms with Crippen LogP contribution in [0.5, 0.6) is 0 Å². The van der Waals surface area contributed by atoms with E-state index in [0.29, 0.717) is 0 Å². The molecule has 2 aliphatic carbocycles. The molecule has 0 aromatic rings. The second kappa shape index (κ2) is 8.13. The summed E-state index contributed by atoms with van der Waals surface area (Å²) in [7, 11) is 0. The van der Waals surface area contributed by atoms with Crippen LogP contribution in [0.3, 0.4) is 0 Å². The maximum absolute atomic E-state index is 2.45. The van der Waals surface area contributed by atoms with Crippen LogP contribution in [0.1, 0.15) is 84.0 Å². The normalized spacial score (nSPS) is 30.2. The Labute approximate surface area is 108 Å². The average molecular weight is 240 g/mol. The summed E-state index contributed by atoms with van der Waals surface area (Å²) in [6.07, 6.45) is 18.3. The van der Waals surface area contributed by atoms with Gasteiger partial charge >= 0.3 is 0 Å². The Kier molecular flexibility index (Phi) is 7.18. The van der Waals surface area contributed by atoms with Crippen molar-refractivity contribution in [1.82, 2.24) is 0 Å². The van der Waals surface area contributed by atoms with Gasteiger partial charge in [0.1, 0.15) is 0 Å². The molecule has 0 radical (unpaired) electrons. The van der Waals surface area contributed by atoms with E-state index in [1.165, 1.54) is 57.8 Å². The van der Waals surface area contributed by atoms with E-state index in [9.17, 15) is 0 Å². The first-order valence-corrected chi connectivity index (χ1v) is 7.84. The largest absolute Gasteiger partial charge is 0.412 e. The topological polar surface area (TPSA) is 31.5 Å². The van der Waals surface area contributed by atoms with E-state index in [2.05, 4.69) is 6.92 Å². The van der Waals surface area contributed by atoms with Crippen molar-refractivity contribution in [2.24, 2.45) is 17.8 Å². The van der Waals surface area contributed by atoms with Gasteiger partial charge in [-0.05, 0) is 24.2 Å². The van der Waals surface area contributed by atoms with Crippen molar-refractivity contribution < 1.29 is 5.48 Å². The number of unbranched alkanes of at least 4 members (excludes halogenated alkanes) is 1. The molecule has 102 valence electrons. The molecular weight excluding hydrogens is 208 g/mol. The van der Waals surface area contributed by atoms with Crippen molar-refractivity contribution in [2.45, 2.75) is 84.0 Å². The summed E-state index contributed by atoms with van der Waals surface area (Å²) in [4.78, 5) is 0. The molecule has 0 aliphatic heterocycles. The Balaban J connectivity index is 0.00000144. The van der Waals surface area contributed by atoms with Gasteiger partial charge in [0, 0.05) is 0 Å². The predicted molar refractivity (Wildman–Crippen MR) is 75.2 cm³/mol. The second-order valence-electron chi connectivity index (χ2n) is 6.57. The Morgan fingerprint density at radius 1 is 0.765 bits per heavy atom. The van der Waals surface area contributed by atoms with Gasteiger partial charge in [-0.25, -0.2) is 0 Å². The average Bonchev–Trinajstić information content (AvgIpc) is 2.77. The summed E-state index contributed by atoms with van der Waals surface area (Å²) in [5.41, 5.74) is 0. The van der Waals surface area contributed by atoms with Gasteiger partial charge in [0.25, 0.3) is 0 Å². The van der Waals surface area contributed by atoms with Crippen LogP contribution >= 0.6 is 0 Å². The molecule has 17 heavy (non-hydrogen) atoms. The lowest BCUT2D eigenvalue weighted by atomic mass is 9.80. The summed E-state index contributed by atoms with van der Waals surface area (Å²) in [6.45, 7) is 2.45. The summed E-state index contributed by atoms with van der Waals surface area (Å²) in [5.74, 6) is 3.23. The summed E-state index contributed by atoms with van der Waals surface area (Å²) in [5, 5.41) is 0. The van der Waals surface area contributed by atoms with Crippen molar-refractivity contribution in [2.75, 3.05) is 0 Å². The highest BCUT2D eigenvalue weighted by molar-refractivity contribution is 4.71. The van der Waals surface area contributed by atoms with Gasteiger partial charge < -0.3 is 5.48 Å². The highest BCUT2D eigenvalue weighted by Crippen LogP contribution is 2.33. The van der Waals surface area contributed by atoms with Gasteiger partial charge in [0.05, 0.1) is 0 Å². The second-order valence-corrected chi connectivity index (χ2v) is 6.57. The van der Waals surface area contributed by atoms with E-state index in [1.54, 1.807) is 19.3 Å². The highest BCUT2D eigenvalue weighted by atomic mass is 16.0. The van der Waals surface area contributed by atoms with E-state index in [0.717, 1.165) is 17.8 Å². The van der Waals surface area contributed by atoms with E-state index >= 15 is 0 Å². The standard InChI is InChI=1S/C16H30.H2O/c1-14-7-6-12-16(13-14)11-5-4-10-15-8-2-3-9-15;/h14-16H,2-13H2,1H3;1H2. The molecule has 0 saturated heterocycles. The molecule has 2 rings (SSSR count). The quantitative estimate of drug-likeness (QED) is 0.622. The highest BCUT2D eigenvalue weighted by Gasteiger charge is 2.19. The smallest absolute Gasteiger partial charge is 0.0412 e. The molecule has 0 amide bonds. The molecular formula is C16H32O. The first kappa shape index (κ1) is 15.0. The minimum atomic E-state index is 0. The molecule has 2 atom stereocenters. The fourth-order valence-corrected chi connectivity index (χ4v) is 3.99. The van der Waals surface area contributed by atoms with Gasteiger partial charge in [-0.1, -0.05) is 77.6 Å². The third-order valence-electron chi connectivity index (χ3n) is 4.99. The Bertz CT molecular complexity index is 184. The zero-order valence-corrected chi connectivity index (χ0v) is 11.7. The molecule has 1 nitrogen and oxygen atoms in total. The zero-order valence-electron chi connectivity index (χ0n) is 11.7. The van der Waals surface area contributed by atoms with E-state index in [4.69, 9.17) is 0 Å². The lowest BCUT2D eigenvalue weighted by Crippen LogP contribution is -2.13. The van der Waals surface area contributed by atoms with Crippen LogP contribution < -0.4 is 0 Å². The van der Waals surface area contributed by atoms with E-state index < -0.39 is 0 Å². The van der Waals surface area contributed by atoms with Crippen LogP contribution in [0.4, 0.5) is 0 Å². The third kappa shape index (κ3) is 5.42. The van der Waals surface area contributed by atoms with Crippen LogP contribution in [0, 0.1) is 17.8 Å². The molecule has 0 aromatic heterocycles. The molecule has 0 aromatic carbocycles. The van der Waals surface area contributed by atoms with Crippen molar-refractivity contribution in [3.63, 3.8) is 0 Å². The molecule has 1 heteroatoms. The third-order valence-corrected chi connectivity index (χ3v) is 4.99. The fourth-order valence-electron chi connectivity index (χ4n) is 3.99. The van der Waals surface area contributed by atoms with E-state index in [1.807, 2.05) is 0 Å². The van der Waals surface area contributed by atoms with Crippen molar-refractivity contribution >= 4 is 0 Å². The molecule has 2 unspecified atom stereocenters. The summed E-state index contributed by atoms with van der Waals surface area (Å²) >= 11 is 0. The first-order chi connectivity index (χ1) is 7.84. The molecule has 2 fully saturated rings. The summed E-state index contributed by atoms with van der Waals surface area (Å²) in [6, 6.07) is 0. The van der Waals surface area contributed by atoms with Gasteiger partial charge in [-0.2, -0.15) is 0 Å². The lowest BCUT2D eigenvalue weighted by molar-refractivity contribution is 0.262. The van der Waals surface area contributed by atoms with Gasteiger partial charge in [0.15, 0.2) is 0 Å². The fraction of sp³-hybridized carbons (Fsp3) is 1.00. The molecule has 0 heterocycles. The van der Waals surface area contributed by atoms with Gasteiger partial charge in [-0.15, -0.1) is 0 Å². The maximum atomic E-state index is 2.45. The summed E-state index contributed by atoms with van der Waals surface area (Å²) < 4.78 is 0. The van der Waals surface area contributed by atoms with Crippen LogP contribution in [-0.2, 0) is 0 Å². The molecule has 0 spiro atoms. The molecule has 0 bridgehead atoms. The number of hydrogen-bond acceptors (Lipinski definition) is 0. The Hall–Kier alpha value is -0.0400. The number of hydrogen-bond donors (Lipinski definition) is 0.